The van der Waals surface area contributed by atoms with Crippen molar-refractivity contribution in [2.75, 3.05) is 11.9 Å². The Bertz CT molecular complexity index is 1430. The van der Waals surface area contributed by atoms with Crippen molar-refractivity contribution in [2.45, 2.75) is 19.8 Å². The van der Waals surface area contributed by atoms with Crippen molar-refractivity contribution in [3.8, 4) is 28.4 Å². The van der Waals surface area contributed by atoms with Gasteiger partial charge in [-0.1, -0.05) is 25.5 Å². The maximum absolute atomic E-state index is 12.6. The molecule has 8 heteroatoms. The smallest absolute Gasteiger partial charge is 0.255 e. The second-order valence-electron chi connectivity index (χ2n) is 8.01. The number of unbranched alkanes of at least 4 members (excludes halogenated alkanes) is 1. The van der Waals surface area contributed by atoms with Crippen molar-refractivity contribution < 1.29 is 9.53 Å². The van der Waals surface area contributed by atoms with Gasteiger partial charge in [-0.2, -0.15) is 9.61 Å². The fraction of sp³-hybridized carbons (Fsp3) is 0.148. The molecule has 8 nitrogen and oxygen atoms in total. The summed E-state index contributed by atoms with van der Waals surface area (Å²) in [4.78, 5) is 16.7. The first kappa shape index (κ1) is 22.2. The van der Waals surface area contributed by atoms with Crippen LogP contribution in [0.2, 0.25) is 0 Å². The number of pyridine rings is 1. The molecule has 0 atom stereocenters. The maximum atomic E-state index is 12.6. The lowest BCUT2D eigenvalue weighted by molar-refractivity contribution is 0.102. The molecule has 0 radical (unpaired) electrons. The van der Waals surface area contributed by atoms with Crippen LogP contribution in [0.3, 0.4) is 0 Å². The molecule has 0 aliphatic rings. The number of amides is 1. The summed E-state index contributed by atoms with van der Waals surface area (Å²) in [6.07, 6.45) is 5.51. The molecule has 5 aromatic rings. The van der Waals surface area contributed by atoms with Crippen molar-refractivity contribution in [3.63, 3.8) is 0 Å². The highest BCUT2D eigenvalue weighted by atomic mass is 16.5. The van der Waals surface area contributed by atoms with E-state index in [-0.39, 0.29) is 5.91 Å². The van der Waals surface area contributed by atoms with E-state index in [0.29, 0.717) is 29.3 Å². The lowest BCUT2D eigenvalue weighted by Crippen LogP contribution is -2.11. The minimum Gasteiger partial charge on any atom is -0.494 e. The largest absolute Gasteiger partial charge is 0.494 e. The molecule has 2 aromatic carbocycles. The first-order valence-corrected chi connectivity index (χ1v) is 11.5. The molecule has 0 bridgehead atoms. The Morgan fingerprint density at radius 2 is 1.66 bits per heavy atom. The molecule has 1 amide bonds. The summed E-state index contributed by atoms with van der Waals surface area (Å²) in [6.45, 7) is 2.80. The number of aromatic nitrogens is 5. The number of carbonyl (C=O) groups excluding carboxylic acids is 1. The van der Waals surface area contributed by atoms with Crippen LogP contribution in [0.5, 0.6) is 5.75 Å². The van der Waals surface area contributed by atoms with E-state index in [9.17, 15) is 4.79 Å². The molecule has 3 heterocycles. The van der Waals surface area contributed by atoms with Gasteiger partial charge in [0.1, 0.15) is 5.75 Å². The summed E-state index contributed by atoms with van der Waals surface area (Å²) in [5.74, 6) is 1.24. The Balaban J connectivity index is 1.29. The molecule has 0 saturated heterocycles. The molecule has 0 unspecified atom stereocenters. The van der Waals surface area contributed by atoms with Gasteiger partial charge in [-0.05, 0) is 67.1 Å². The average molecular weight is 465 g/mol. The molecule has 0 saturated carbocycles. The van der Waals surface area contributed by atoms with E-state index in [1.54, 1.807) is 29.0 Å². The molecule has 0 aliphatic heterocycles. The van der Waals surface area contributed by atoms with Crippen LogP contribution >= 0.6 is 0 Å². The first-order valence-electron chi connectivity index (χ1n) is 11.5. The van der Waals surface area contributed by atoms with Crippen LogP contribution in [-0.2, 0) is 0 Å². The number of carbonyl (C=O) groups is 1. The quantitative estimate of drug-likeness (QED) is 0.314. The number of nitrogens with zero attached hydrogens (tertiary/aromatic N) is 5. The lowest BCUT2D eigenvalue weighted by atomic mass is 10.1. The molecular weight excluding hydrogens is 440 g/mol. The highest BCUT2D eigenvalue weighted by Gasteiger charge is 2.11. The van der Waals surface area contributed by atoms with Gasteiger partial charge in [0, 0.05) is 34.8 Å². The third kappa shape index (κ3) is 5.01. The van der Waals surface area contributed by atoms with Crippen LogP contribution in [-0.4, -0.2) is 37.3 Å². The zero-order valence-corrected chi connectivity index (χ0v) is 19.3. The third-order valence-corrected chi connectivity index (χ3v) is 5.52. The minimum atomic E-state index is -0.177. The van der Waals surface area contributed by atoms with Gasteiger partial charge in [0.15, 0.2) is 11.5 Å². The number of benzene rings is 2. The van der Waals surface area contributed by atoms with Crippen molar-refractivity contribution in [2.24, 2.45) is 0 Å². The fourth-order valence-corrected chi connectivity index (χ4v) is 3.59. The van der Waals surface area contributed by atoms with E-state index in [0.717, 1.165) is 35.4 Å². The average Bonchev–Trinajstić information content (AvgIpc) is 3.33. The van der Waals surface area contributed by atoms with Gasteiger partial charge in [0.2, 0.25) is 0 Å². The summed E-state index contributed by atoms with van der Waals surface area (Å²) >= 11 is 0. The Hall–Kier alpha value is -4.59. The number of hydrogen-bond acceptors (Lipinski definition) is 6. The highest BCUT2D eigenvalue weighted by molar-refractivity contribution is 6.04. The molecule has 0 fully saturated rings. The normalized spacial score (nSPS) is 10.9. The summed E-state index contributed by atoms with van der Waals surface area (Å²) in [5, 5.41) is 16.1. The number of fused-ring (bicyclic) bond motifs is 1. The van der Waals surface area contributed by atoms with Gasteiger partial charge in [-0.25, -0.2) is 0 Å². The molecule has 1 N–H and O–H groups in total. The topological polar surface area (TPSA) is 94.3 Å². The lowest BCUT2D eigenvalue weighted by Gasteiger charge is -2.09. The summed E-state index contributed by atoms with van der Waals surface area (Å²) in [5.41, 5.74) is 4.49. The Kier molecular flexibility index (Phi) is 6.43. The zero-order valence-electron chi connectivity index (χ0n) is 19.3. The second-order valence-corrected chi connectivity index (χ2v) is 8.01. The zero-order chi connectivity index (χ0) is 24.0. The van der Waals surface area contributed by atoms with E-state index < -0.39 is 0 Å². The number of nitrogens with one attached hydrogen (secondary N) is 1. The Labute approximate surface area is 202 Å². The maximum Gasteiger partial charge on any atom is 0.255 e. The van der Waals surface area contributed by atoms with Crippen molar-refractivity contribution in [1.29, 1.82) is 0 Å². The van der Waals surface area contributed by atoms with E-state index >= 15 is 0 Å². The number of hydrogen-bond donors (Lipinski definition) is 1. The summed E-state index contributed by atoms with van der Waals surface area (Å²) in [6, 6.07) is 22.3. The van der Waals surface area contributed by atoms with E-state index in [2.05, 4.69) is 27.4 Å². The summed E-state index contributed by atoms with van der Waals surface area (Å²) < 4.78 is 7.38. The standard InChI is InChI=1S/C27H24N6O2/c1-2-3-18-35-23-10-6-21(7-11-23)27(34)29-22-8-4-19(5-9-22)24-12-13-25-30-31-26(33(25)32-24)20-14-16-28-17-15-20/h4-17H,2-3,18H2,1H3,(H,29,34). The van der Waals surface area contributed by atoms with Gasteiger partial charge < -0.3 is 10.1 Å². The van der Waals surface area contributed by atoms with Gasteiger partial charge in [0.05, 0.1) is 12.3 Å². The van der Waals surface area contributed by atoms with Crippen molar-refractivity contribution in [3.05, 3.63) is 90.8 Å². The van der Waals surface area contributed by atoms with E-state index in [1.807, 2.05) is 60.7 Å². The van der Waals surface area contributed by atoms with Crippen molar-refractivity contribution >= 4 is 17.2 Å². The van der Waals surface area contributed by atoms with Gasteiger partial charge >= 0.3 is 0 Å². The minimum absolute atomic E-state index is 0.177. The molecule has 0 aliphatic carbocycles. The predicted octanol–water partition coefficient (Wildman–Crippen LogP) is 5.28. The van der Waals surface area contributed by atoms with Crippen LogP contribution in [0.1, 0.15) is 30.1 Å². The van der Waals surface area contributed by atoms with Crippen molar-refractivity contribution in [1.82, 2.24) is 24.8 Å². The third-order valence-electron chi connectivity index (χ3n) is 5.52. The highest BCUT2D eigenvalue weighted by Crippen LogP contribution is 2.23. The first-order chi connectivity index (χ1) is 17.2. The van der Waals surface area contributed by atoms with E-state index in [1.165, 1.54) is 0 Å². The molecule has 3 aromatic heterocycles. The molecule has 174 valence electrons. The monoisotopic (exact) mass is 464 g/mol. The predicted molar refractivity (Wildman–Crippen MR) is 134 cm³/mol. The van der Waals surface area contributed by atoms with Crippen LogP contribution in [0.25, 0.3) is 28.3 Å². The SMILES string of the molecule is CCCCOc1ccc(C(=O)Nc2ccc(-c3ccc4nnc(-c5ccncc5)n4n3)cc2)cc1. The molecule has 35 heavy (non-hydrogen) atoms. The Morgan fingerprint density at radius 1 is 0.886 bits per heavy atom. The second kappa shape index (κ2) is 10.1. The number of anilines is 1. The molecular formula is C27H24N6O2. The summed E-state index contributed by atoms with van der Waals surface area (Å²) in [7, 11) is 0. The van der Waals surface area contributed by atoms with Crippen LogP contribution in [0, 0.1) is 0 Å². The van der Waals surface area contributed by atoms with Crippen LogP contribution in [0.4, 0.5) is 5.69 Å². The van der Waals surface area contributed by atoms with Gasteiger partial charge in [-0.15, -0.1) is 10.2 Å². The van der Waals surface area contributed by atoms with Gasteiger partial charge in [0.25, 0.3) is 5.91 Å². The van der Waals surface area contributed by atoms with Gasteiger partial charge in [-0.3, -0.25) is 9.78 Å². The number of ether oxygens (including phenoxy) is 1. The molecule has 0 spiro atoms. The van der Waals surface area contributed by atoms with Crippen LogP contribution < -0.4 is 10.1 Å². The fourth-order valence-electron chi connectivity index (χ4n) is 3.59. The van der Waals surface area contributed by atoms with E-state index in [4.69, 9.17) is 9.84 Å². The van der Waals surface area contributed by atoms with Crippen LogP contribution in [0.15, 0.2) is 85.2 Å². The molecule has 5 rings (SSSR count). The number of rotatable bonds is 8. The Morgan fingerprint density at radius 3 is 2.40 bits per heavy atom.